The first-order chi connectivity index (χ1) is 12.2. The van der Waals surface area contributed by atoms with Crippen LogP contribution in [0.25, 0.3) is 0 Å². The van der Waals surface area contributed by atoms with Gasteiger partial charge in [-0.25, -0.2) is 4.39 Å². The highest BCUT2D eigenvalue weighted by Crippen LogP contribution is 2.37. The third-order valence-electron chi connectivity index (χ3n) is 5.04. The van der Waals surface area contributed by atoms with E-state index >= 15 is 0 Å². The number of likely N-dealkylation sites (tertiary alicyclic amines) is 1. The maximum Gasteiger partial charge on any atom is 0.231 e. The van der Waals surface area contributed by atoms with E-state index in [1.165, 1.54) is 5.56 Å². The van der Waals surface area contributed by atoms with Crippen molar-refractivity contribution in [3.8, 4) is 17.2 Å². The fraction of sp³-hybridized carbons (Fsp3) is 0.400. The molecule has 5 heteroatoms. The highest BCUT2D eigenvalue weighted by atomic mass is 19.1. The van der Waals surface area contributed by atoms with Gasteiger partial charge in [0.25, 0.3) is 0 Å². The van der Waals surface area contributed by atoms with Gasteiger partial charge in [0.15, 0.2) is 11.5 Å². The van der Waals surface area contributed by atoms with Crippen LogP contribution in [0, 0.1) is 11.7 Å². The summed E-state index contributed by atoms with van der Waals surface area (Å²) in [6, 6.07) is 12.6. The molecular formula is C20H22FNO3. The number of hydrogen-bond donors (Lipinski definition) is 0. The first-order valence-electron chi connectivity index (χ1n) is 8.65. The van der Waals surface area contributed by atoms with Gasteiger partial charge in [-0.3, -0.25) is 0 Å². The molecule has 0 radical (unpaired) electrons. The number of fused-ring (bicyclic) bond motifs is 1. The first kappa shape index (κ1) is 16.2. The molecular weight excluding hydrogens is 321 g/mol. The summed E-state index contributed by atoms with van der Waals surface area (Å²) in [5.41, 5.74) is 1.19. The van der Waals surface area contributed by atoms with Gasteiger partial charge in [-0.2, -0.15) is 0 Å². The Morgan fingerprint density at radius 2 is 1.92 bits per heavy atom. The van der Waals surface area contributed by atoms with Crippen LogP contribution in [0.15, 0.2) is 42.5 Å². The van der Waals surface area contributed by atoms with Gasteiger partial charge in [0.2, 0.25) is 6.79 Å². The average molecular weight is 343 g/mol. The SMILES string of the molecule is CN1CC[C@@H](c2ccc(F)cc2)[C@@H](COc2ccc3c(c2)OCO3)C1. The van der Waals surface area contributed by atoms with Gasteiger partial charge in [0.05, 0.1) is 6.61 Å². The third kappa shape index (κ3) is 3.56. The molecule has 0 N–H and O–H groups in total. The Morgan fingerprint density at radius 3 is 2.76 bits per heavy atom. The van der Waals surface area contributed by atoms with Crippen LogP contribution >= 0.6 is 0 Å². The second-order valence-corrected chi connectivity index (χ2v) is 6.80. The largest absolute Gasteiger partial charge is 0.493 e. The molecule has 25 heavy (non-hydrogen) atoms. The predicted octanol–water partition coefficient (Wildman–Crippen LogP) is 3.67. The molecule has 4 nitrogen and oxygen atoms in total. The zero-order valence-corrected chi connectivity index (χ0v) is 14.3. The lowest BCUT2D eigenvalue weighted by Gasteiger charge is -2.37. The van der Waals surface area contributed by atoms with Crippen LogP contribution in [0.3, 0.4) is 0 Å². The molecule has 2 aliphatic rings. The number of benzene rings is 2. The monoisotopic (exact) mass is 343 g/mol. The minimum absolute atomic E-state index is 0.190. The van der Waals surface area contributed by atoms with Gasteiger partial charge < -0.3 is 19.1 Å². The number of rotatable bonds is 4. The number of halogens is 1. The molecule has 0 saturated carbocycles. The van der Waals surface area contributed by atoms with E-state index in [1.54, 1.807) is 12.1 Å². The molecule has 0 aliphatic carbocycles. The van der Waals surface area contributed by atoms with Crippen LogP contribution < -0.4 is 14.2 Å². The van der Waals surface area contributed by atoms with Crippen LogP contribution in [-0.4, -0.2) is 38.4 Å². The highest BCUT2D eigenvalue weighted by molar-refractivity contribution is 5.46. The van der Waals surface area contributed by atoms with E-state index in [4.69, 9.17) is 14.2 Å². The normalized spacial score (nSPS) is 22.8. The number of ether oxygens (including phenoxy) is 3. The molecule has 0 bridgehead atoms. The minimum Gasteiger partial charge on any atom is -0.493 e. The van der Waals surface area contributed by atoms with E-state index in [1.807, 2.05) is 30.3 Å². The average Bonchev–Trinajstić information content (AvgIpc) is 3.09. The summed E-state index contributed by atoms with van der Waals surface area (Å²) >= 11 is 0. The molecule has 2 aromatic rings. The van der Waals surface area contributed by atoms with E-state index in [-0.39, 0.29) is 12.6 Å². The van der Waals surface area contributed by atoms with Crippen molar-refractivity contribution in [1.82, 2.24) is 4.90 Å². The molecule has 2 atom stereocenters. The van der Waals surface area contributed by atoms with Gasteiger partial charge in [0, 0.05) is 18.5 Å². The fourth-order valence-electron chi connectivity index (χ4n) is 3.70. The summed E-state index contributed by atoms with van der Waals surface area (Å²) in [6.45, 7) is 2.89. The van der Waals surface area contributed by atoms with E-state index in [0.29, 0.717) is 18.4 Å². The van der Waals surface area contributed by atoms with E-state index in [0.717, 1.165) is 36.8 Å². The Morgan fingerprint density at radius 1 is 1.12 bits per heavy atom. The Kier molecular flexibility index (Phi) is 4.49. The zero-order valence-electron chi connectivity index (χ0n) is 14.3. The van der Waals surface area contributed by atoms with E-state index in [9.17, 15) is 4.39 Å². The number of hydrogen-bond acceptors (Lipinski definition) is 4. The lowest BCUT2D eigenvalue weighted by atomic mass is 9.81. The van der Waals surface area contributed by atoms with Crippen LogP contribution in [0.4, 0.5) is 4.39 Å². The lowest BCUT2D eigenvalue weighted by molar-refractivity contribution is 0.129. The molecule has 2 heterocycles. The predicted molar refractivity (Wildman–Crippen MR) is 92.8 cm³/mol. The summed E-state index contributed by atoms with van der Waals surface area (Å²) in [5.74, 6) is 2.82. The molecule has 4 rings (SSSR count). The van der Waals surface area contributed by atoms with Crippen molar-refractivity contribution in [2.75, 3.05) is 33.5 Å². The van der Waals surface area contributed by atoms with Gasteiger partial charge in [-0.05, 0) is 55.8 Å². The fourth-order valence-corrected chi connectivity index (χ4v) is 3.70. The Labute approximate surface area is 147 Å². The molecule has 0 amide bonds. The van der Waals surface area contributed by atoms with Crippen molar-refractivity contribution in [1.29, 1.82) is 0 Å². The standard InChI is InChI=1S/C20H22FNO3/c1-22-9-8-18(14-2-4-16(21)5-3-14)15(11-22)12-23-17-6-7-19-20(10-17)25-13-24-19/h2-7,10,15,18H,8-9,11-13H2,1H3/t15-,18+/m1/s1. The quantitative estimate of drug-likeness (QED) is 0.848. The van der Waals surface area contributed by atoms with Crippen molar-refractivity contribution in [3.63, 3.8) is 0 Å². The molecule has 2 aliphatic heterocycles. The van der Waals surface area contributed by atoms with Crippen molar-refractivity contribution in [2.24, 2.45) is 5.92 Å². The van der Waals surface area contributed by atoms with E-state index < -0.39 is 0 Å². The van der Waals surface area contributed by atoms with Crippen molar-refractivity contribution in [2.45, 2.75) is 12.3 Å². The van der Waals surface area contributed by atoms with Crippen LogP contribution in [-0.2, 0) is 0 Å². The van der Waals surface area contributed by atoms with Gasteiger partial charge in [-0.1, -0.05) is 12.1 Å². The molecule has 0 unspecified atom stereocenters. The van der Waals surface area contributed by atoms with Gasteiger partial charge in [0.1, 0.15) is 11.6 Å². The number of piperidine rings is 1. The van der Waals surface area contributed by atoms with Crippen molar-refractivity contribution in [3.05, 3.63) is 53.8 Å². The minimum atomic E-state index is -0.190. The summed E-state index contributed by atoms with van der Waals surface area (Å²) in [5, 5.41) is 0. The maximum absolute atomic E-state index is 13.2. The molecule has 0 spiro atoms. The summed E-state index contributed by atoms with van der Waals surface area (Å²) in [4.78, 5) is 2.33. The Balaban J connectivity index is 1.47. The Hall–Kier alpha value is -2.27. The summed E-state index contributed by atoms with van der Waals surface area (Å²) < 4.78 is 30.0. The van der Waals surface area contributed by atoms with E-state index in [2.05, 4.69) is 11.9 Å². The molecule has 1 fully saturated rings. The van der Waals surface area contributed by atoms with Crippen LogP contribution in [0.2, 0.25) is 0 Å². The summed E-state index contributed by atoms with van der Waals surface area (Å²) in [6.07, 6.45) is 1.05. The second kappa shape index (κ2) is 6.92. The van der Waals surface area contributed by atoms with Gasteiger partial charge in [-0.15, -0.1) is 0 Å². The third-order valence-corrected chi connectivity index (χ3v) is 5.04. The van der Waals surface area contributed by atoms with Gasteiger partial charge >= 0.3 is 0 Å². The maximum atomic E-state index is 13.2. The van der Waals surface area contributed by atoms with Crippen molar-refractivity contribution >= 4 is 0 Å². The first-order valence-corrected chi connectivity index (χ1v) is 8.65. The second-order valence-electron chi connectivity index (χ2n) is 6.80. The smallest absolute Gasteiger partial charge is 0.231 e. The van der Waals surface area contributed by atoms with Crippen molar-refractivity contribution < 1.29 is 18.6 Å². The molecule has 2 aromatic carbocycles. The Bertz CT molecular complexity index is 734. The molecule has 132 valence electrons. The molecule has 1 saturated heterocycles. The summed E-state index contributed by atoms with van der Waals surface area (Å²) in [7, 11) is 2.13. The number of nitrogens with zero attached hydrogens (tertiary/aromatic N) is 1. The molecule has 0 aromatic heterocycles. The van der Waals surface area contributed by atoms with Crippen LogP contribution in [0.5, 0.6) is 17.2 Å². The topological polar surface area (TPSA) is 30.9 Å². The van der Waals surface area contributed by atoms with Crippen LogP contribution in [0.1, 0.15) is 17.9 Å². The highest BCUT2D eigenvalue weighted by Gasteiger charge is 2.29. The lowest BCUT2D eigenvalue weighted by Crippen LogP contribution is -2.39. The zero-order chi connectivity index (χ0) is 17.2.